The largest absolute Gasteiger partial charge is 0.381 e. The summed E-state index contributed by atoms with van der Waals surface area (Å²) >= 11 is 2.01. The Labute approximate surface area is 111 Å². The highest BCUT2D eigenvalue weighted by molar-refractivity contribution is 7.99. The van der Waals surface area contributed by atoms with Gasteiger partial charge < -0.3 is 9.88 Å². The number of thioether (sulfide) groups is 1. The lowest BCUT2D eigenvalue weighted by Crippen LogP contribution is -2.18. The van der Waals surface area contributed by atoms with Crippen molar-refractivity contribution in [2.45, 2.75) is 12.5 Å². The highest BCUT2D eigenvalue weighted by atomic mass is 32.2. The van der Waals surface area contributed by atoms with Crippen molar-refractivity contribution in [3.63, 3.8) is 0 Å². The van der Waals surface area contributed by atoms with E-state index in [1.54, 1.807) is 6.33 Å². The Morgan fingerprint density at radius 2 is 2.28 bits per heavy atom. The smallest absolute Gasteiger partial charge is 0.165 e. The molecule has 1 aliphatic heterocycles. The van der Waals surface area contributed by atoms with Gasteiger partial charge in [0.2, 0.25) is 0 Å². The molecule has 0 aliphatic carbocycles. The van der Waals surface area contributed by atoms with Crippen molar-refractivity contribution < 1.29 is 0 Å². The van der Waals surface area contributed by atoms with Gasteiger partial charge in [-0.15, -0.1) is 10.2 Å². The van der Waals surface area contributed by atoms with Crippen molar-refractivity contribution in [1.82, 2.24) is 14.8 Å². The zero-order valence-corrected chi connectivity index (χ0v) is 11.2. The second kappa shape index (κ2) is 5.02. The molecule has 1 unspecified atom stereocenters. The Kier molecular flexibility index (Phi) is 3.23. The van der Waals surface area contributed by atoms with E-state index in [0.29, 0.717) is 6.04 Å². The molecule has 0 saturated carbocycles. The molecule has 0 amide bonds. The number of anilines is 1. The molecule has 5 heteroatoms. The minimum atomic E-state index is 0.573. The van der Waals surface area contributed by atoms with Gasteiger partial charge in [-0.3, -0.25) is 0 Å². The Hall–Kier alpha value is -1.49. The second-order valence-electron chi connectivity index (χ2n) is 4.52. The normalized spacial score (nSPS) is 19.1. The summed E-state index contributed by atoms with van der Waals surface area (Å²) in [6.45, 7) is 0. The van der Waals surface area contributed by atoms with Crippen LogP contribution in [0.1, 0.15) is 6.42 Å². The highest BCUT2D eigenvalue weighted by Gasteiger charge is 2.17. The van der Waals surface area contributed by atoms with Gasteiger partial charge in [-0.25, -0.2) is 0 Å². The first-order valence-electron chi connectivity index (χ1n) is 6.12. The molecule has 1 aromatic carbocycles. The number of aryl methyl sites for hydroxylation is 1. The van der Waals surface area contributed by atoms with E-state index >= 15 is 0 Å². The fourth-order valence-corrected chi connectivity index (χ4v) is 3.35. The topological polar surface area (TPSA) is 42.7 Å². The van der Waals surface area contributed by atoms with Crippen LogP contribution in [0.25, 0.3) is 11.4 Å². The summed E-state index contributed by atoms with van der Waals surface area (Å²) in [4.78, 5) is 0. The Balaban J connectivity index is 1.92. The quantitative estimate of drug-likeness (QED) is 0.920. The van der Waals surface area contributed by atoms with Gasteiger partial charge in [-0.05, 0) is 24.3 Å². The molecule has 2 aromatic rings. The first-order chi connectivity index (χ1) is 8.84. The molecule has 2 heterocycles. The van der Waals surface area contributed by atoms with Crippen molar-refractivity contribution in [2.24, 2.45) is 7.05 Å². The van der Waals surface area contributed by atoms with E-state index in [4.69, 9.17) is 0 Å². The number of rotatable bonds is 3. The van der Waals surface area contributed by atoms with Gasteiger partial charge in [0.1, 0.15) is 6.33 Å². The molecule has 4 nitrogen and oxygen atoms in total. The Bertz CT molecular complexity index is 531. The van der Waals surface area contributed by atoms with Crippen LogP contribution < -0.4 is 5.32 Å². The van der Waals surface area contributed by atoms with Crippen molar-refractivity contribution >= 4 is 17.4 Å². The Morgan fingerprint density at radius 3 is 3.00 bits per heavy atom. The molecule has 1 saturated heterocycles. The van der Waals surface area contributed by atoms with Crippen molar-refractivity contribution in [2.75, 3.05) is 16.8 Å². The van der Waals surface area contributed by atoms with Crippen LogP contribution in [0.4, 0.5) is 5.69 Å². The fraction of sp³-hybridized carbons (Fsp3) is 0.385. The van der Waals surface area contributed by atoms with Crippen LogP contribution in [0, 0.1) is 0 Å². The number of para-hydroxylation sites is 1. The molecule has 1 atom stereocenters. The lowest BCUT2D eigenvalue weighted by Gasteiger charge is -2.16. The van der Waals surface area contributed by atoms with E-state index in [0.717, 1.165) is 17.1 Å². The summed E-state index contributed by atoms with van der Waals surface area (Å²) in [5.74, 6) is 3.35. The van der Waals surface area contributed by atoms with Gasteiger partial charge in [0.15, 0.2) is 5.82 Å². The fourth-order valence-electron chi connectivity index (χ4n) is 2.20. The van der Waals surface area contributed by atoms with Gasteiger partial charge in [0.25, 0.3) is 0 Å². The molecule has 1 N–H and O–H groups in total. The van der Waals surface area contributed by atoms with Gasteiger partial charge in [-0.1, -0.05) is 12.1 Å². The average molecular weight is 260 g/mol. The maximum absolute atomic E-state index is 4.19. The van der Waals surface area contributed by atoms with Crippen LogP contribution >= 0.6 is 11.8 Å². The summed E-state index contributed by atoms with van der Waals surface area (Å²) in [6, 6.07) is 8.88. The maximum Gasteiger partial charge on any atom is 0.165 e. The third-order valence-corrected chi connectivity index (χ3v) is 4.33. The Morgan fingerprint density at radius 1 is 1.39 bits per heavy atom. The molecule has 94 valence electrons. The molecule has 0 radical (unpaired) electrons. The molecule has 1 fully saturated rings. The standard InChI is InChI=1S/C13H16N4S/c1-17-9-14-16-13(17)11-4-2-3-5-12(11)15-10-6-7-18-8-10/h2-5,9-10,15H,6-8H2,1H3. The van der Waals surface area contributed by atoms with Gasteiger partial charge in [0, 0.05) is 30.1 Å². The van der Waals surface area contributed by atoms with Gasteiger partial charge in [-0.2, -0.15) is 11.8 Å². The number of hydrogen-bond acceptors (Lipinski definition) is 4. The predicted molar refractivity (Wildman–Crippen MR) is 75.8 cm³/mol. The maximum atomic E-state index is 4.19. The molecule has 0 bridgehead atoms. The van der Waals surface area contributed by atoms with Gasteiger partial charge in [0.05, 0.1) is 0 Å². The van der Waals surface area contributed by atoms with Crippen molar-refractivity contribution in [3.05, 3.63) is 30.6 Å². The summed E-state index contributed by atoms with van der Waals surface area (Å²) in [6.07, 6.45) is 2.97. The summed E-state index contributed by atoms with van der Waals surface area (Å²) < 4.78 is 1.95. The monoisotopic (exact) mass is 260 g/mol. The average Bonchev–Trinajstić information content (AvgIpc) is 3.02. The molecule has 18 heavy (non-hydrogen) atoms. The SMILES string of the molecule is Cn1cnnc1-c1ccccc1NC1CCSC1. The van der Waals surface area contributed by atoms with Crippen LogP contribution in [0.5, 0.6) is 0 Å². The number of benzene rings is 1. The van der Waals surface area contributed by atoms with E-state index in [-0.39, 0.29) is 0 Å². The number of nitrogens with zero attached hydrogens (tertiary/aromatic N) is 3. The van der Waals surface area contributed by atoms with Crippen molar-refractivity contribution in [3.8, 4) is 11.4 Å². The van der Waals surface area contributed by atoms with E-state index in [9.17, 15) is 0 Å². The molecule has 1 aliphatic rings. The molecule has 3 rings (SSSR count). The summed E-state index contributed by atoms with van der Waals surface area (Å²) in [5, 5.41) is 11.8. The van der Waals surface area contributed by atoms with Crippen molar-refractivity contribution in [1.29, 1.82) is 0 Å². The van der Waals surface area contributed by atoms with Gasteiger partial charge >= 0.3 is 0 Å². The van der Waals surface area contributed by atoms with Crippen LogP contribution in [0.2, 0.25) is 0 Å². The predicted octanol–water partition coefficient (Wildman–Crippen LogP) is 2.40. The van der Waals surface area contributed by atoms with Crippen LogP contribution in [0.15, 0.2) is 30.6 Å². The van der Waals surface area contributed by atoms with E-state index in [1.807, 2.05) is 29.4 Å². The summed E-state index contributed by atoms with van der Waals surface area (Å²) in [7, 11) is 1.97. The molecule has 0 spiro atoms. The molecule has 1 aromatic heterocycles. The number of hydrogen-bond donors (Lipinski definition) is 1. The summed E-state index contributed by atoms with van der Waals surface area (Å²) in [5.41, 5.74) is 2.27. The van der Waals surface area contributed by atoms with E-state index in [2.05, 4.69) is 33.7 Å². The molecular weight excluding hydrogens is 244 g/mol. The first kappa shape index (κ1) is 11.6. The number of nitrogens with one attached hydrogen (secondary N) is 1. The molecular formula is C13H16N4S. The lowest BCUT2D eigenvalue weighted by atomic mass is 10.1. The zero-order valence-electron chi connectivity index (χ0n) is 10.3. The minimum absolute atomic E-state index is 0.573. The van der Waals surface area contributed by atoms with Crippen LogP contribution in [-0.4, -0.2) is 32.3 Å². The number of aromatic nitrogens is 3. The second-order valence-corrected chi connectivity index (χ2v) is 5.67. The van der Waals surface area contributed by atoms with Crippen LogP contribution in [0.3, 0.4) is 0 Å². The third kappa shape index (κ3) is 2.22. The zero-order chi connectivity index (χ0) is 12.4. The minimum Gasteiger partial charge on any atom is -0.381 e. The van der Waals surface area contributed by atoms with E-state index < -0.39 is 0 Å². The first-order valence-corrected chi connectivity index (χ1v) is 7.28. The lowest BCUT2D eigenvalue weighted by molar-refractivity contribution is 0.812. The third-order valence-electron chi connectivity index (χ3n) is 3.17. The van der Waals surface area contributed by atoms with Crippen LogP contribution in [-0.2, 0) is 7.05 Å². The van der Waals surface area contributed by atoms with E-state index in [1.165, 1.54) is 17.9 Å². The highest BCUT2D eigenvalue weighted by Crippen LogP contribution is 2.28.